The lowest BCUT2D eigenvalue weighted by atomic mass is 10.1. The molecule has 2 aromatic carbocycles. The van der Waals surface area contributed by atoms with E-state index in [0.29, 0.717) is 13.2 Å². The maximum atomic E-state index is 9.28. The van der Waals surface area contributed by atoms with Crippen LogP contribution in [0.2, 0.25) is 0 Å². The molecule has 0 aliphatic heterocycles. The summed E-state index contributed by atoms with van der Waals surface area (Å²) >= 11 is 0. The Hall–Kier alpha value is -2.59. The van der Waals surface area contributed by atoms with Gasteiger partial charge in [-0.15, -0.1) is 0 Å². The van der Waals surface area contributed by atoms with Crippen LogP contribution in [0.25, 0.3) is 6.08 Å². The zero-order valence-electron chi connectivity index (χ0n) is 11.6. The highest BCUT2D eigenvalue weighted by atomic mass is 16.6. The summed E-state index contributed by atoms with van der Waals surface area (Å²) < 4.78 is 0. The van der Waals surface area contributed by atoms with Crippen LogP contribution in [0.1, 0.15) is 11.1 Å². The molecule has 2 aromatic rings. The van der Waals surface area contributed by atoms with Crippen LogP contribution < -0.4 is 5.73 Å². The fourth-order valence-electron chi connectivity index (χ4n) is 1.72. The first kappa shape index (κ1) is 14.8. The van der Waals surface area contributed by atoms with Crippen LogP contribution in [0.4, 0.5) is 0 Å². The number of rotatable bonds is 6. The first-order valence-electron chi connectivity index (χ1n) is 6.72. The van der Waals surface area contributed by atoms with E-state index in [-0.39, 0.29) is 5.75 Å². The van der Waals surface area contributed by atoms with E-state index in [1.807, 2.05) is 54.6 Å². The lowest BCUT2D eigenvalue weighted by molar-refractivity contribution is 0.153. The summed E-state index contributed by atoms with van der Waals surface area (Å²) in [5.41, 5.74) is 8.05. The van der Waals surface area contributed by atoms with Gasteiger partial charge < -0.3 is 15.7 Å². The number of nitrogens with two attached hydrogens (primary N) is 1. The number of aromatic hydroxyl groups is 1. The largest absolute Gasteiger partial charge is 0.508 e. The van der Waals surface area contributed by atoms with Crippen LogP contribution in [0.5, 0.6) is 5.75 Å². The number of oxime groups is 1. The topological polar surface area (TPSA) is 67.8 Å². The van der Waals surface area contributed by atoms with Crippen molar-refractivity contribution in [3.63, 3.8) is 0 Å². The summed E-state index contributed by atoms with van der Waals surface area (Å²) in [5.74, 6) is 0.246. The van der Waals surface area contributed by atoms with Gasteiger partial charge >= 0.3 is 0 Å². The van der Waals surface area contributed by atoms with Crippen molar-refractivity contribution in [2.45, 2.75) is 0 Å². The summed E-state index contributed by atoms with van der Waals surface area (Å²) in [6.45, 7) is 0.802. The minimum absolute atomic E-state index is 0.246. The van der Waals surface area contributed by atoms with Gasteiger partial charge in [-0.05, 0) is 23.8 Å². The predicted molar refractivity (Wildman–Crippen MR) is 85.1 cm³/mol. The fraction of sp³-hybridized carbons (Fsp3) is 0.118. The van der Waals surface area contributed by atoms with Gasteiger partial charge in [0.05, 0.1) is 0 Å². The van der Waals surface area contributed by atoms with E-state index < -0.39 is 0 Å². The average Bonchev–Trinajstić information content (AvgIpc) is 2.53. The molecule has 2 rings (SSSR count). The summed E-state index contributed by atoms with van der Waals surface area (Å²) in [7, 11) is 0. The van der Waals surface area contributed by atoms with E-state index in [1.54, 1.807) is 12.1 Å². The van der Waals surface area contributed by atoms with E-state index in [1.165, 1.54) is 0 Å². The lowest BCUT2D eigenvalue weighted by Crippen LogP contribution is -2.07. The molecule has 0 unspecified atom stereocenters. The molecule has 0 aliphatic carbocycles. The van der Waals surface area contributed by atoms with Gasteiger partial charge in [-0.3, -0.25) is 0 Å². The van der Waals surface area contributed by atoms with Gasteiger partial charge in [-0.25, -0.2) is 0 Å². The third-order valence-corrected chi connectivity index (χ3v) is 2.77. The molecule has 0 saturated carbocycles. The number of nitrogens with zero attached hydrogens (tertiary/aromatic N) is 1. The fourth-order valence-corrected chi connectivity index (χ4v) is 1.72. The molecule has 0 bridgehead atoms. The molecule has 0 aliphatic rings. The Labute approximate surface area is 124 Å². The second-order valence-electron chi connectivity index (χ2n) is 4.39. The highest BCUT2D eigenvalue weighted by Crippen LogP contribution is 2.12. The molecule has 0 amide bonds. The summed E-state index contributed by atoms with van der Waals surface area (Å²) in [4.78, 5) is 5.18. The minimum atomic E-state index is 0.246. The number of hydrogen-bond acceptors (Lipinski definition) is 4. The molecule has 0 radical (unpaired) electrons. The van der Waals surface area contributed by atoms with Crippen molar-refractivity contribution in [2.75, 3.05) is 13.2 Å². The molecule has 0 spiro atoms. The molecule has 21 heavy (non-hydrogen) atoms. The SMILES string of the molecule is NCCON=C(/C=C/c1ccc(O)cc1)c1ccccc1. The van der Waals surface area contributed by atoms with Crippen LogP contribution >= 0.6 is 0 Å². The van der Waals surface area contributed by atoms with Crippen molar-refractivity contribution < 1.29 is 9.94 Å². The molecule has 0 saturated heterocycles. The van der Waals surface area contributed by atoms with Gasteiger partial charge in [0.1, 0.15) is 18.1 Å². The molecule has 108 valence electrons. The van der Waals surface area contributed by atoms with Crippen LogP contribution in [0.3, 0.4) is 0 Å². The van der Waals surface area contributed by atoms with Gasteiger partial charge in [0.2, 0.25) is 0 Å². The predicted octanol–water partition coefficient (Wildman–Crippen LogP) is 2.79. The molecule has 4 nitrogen and oxygen atoms in total. The molecule has 3 N–H and O–H groups in total. The Morgan fingerprint density at radius 1 is 1.10 bits per heavy atom. The zero-order chi connectivity index (χ0) is 14.9. The third-order valence-electron chi connectivity index (χ3n) is 2.77. The molecule has 0 fully saturated rings. The Balaban J connectivity index is 2.19. The van der Waals surface area contributed by atoms with Crippen LogP contribution in [-0.4, -0.2) is 24.0 Å². The van der Waals surface area contributed by atoms with Crippen molar-refractivity contribution in [1.82, 2.24) is 0 Å². The normalized spacial score (nSPS) is 11.8. The van der Waals surface area contributed by atoms with Gasteiger partial charge in [0.15, 0.2) is 0 Å². The standard InChI is InChI=1S/C17H18N2O2/c18-12-13-21-19-17(15-4-2-1-3-5-15)11-8-14-6-9-16(20)10-7-14/h1-11,20H,12-13,18H2/b11-8+,19-17?. The number of allylic oxidation sites excluding steroid dienone is 1. The Bertz CT molecular complexity index is 604. The third kappa shape index (κ3) is 4.78. The van der Waals surface area contributed by atoms with Crippen molar-refractivity contribution >= 4 is 11.8 Å². The second-order valence-corrected chi connectivity index (χ2v) is 4.39. The molecule has 4 heteroatoms. The summed E-state index contributed by atoms with van der Waals surface area (Å²) in [6, 6.07) is 16.7. The van der Waals surface area contributed by atoms with Crippen LogP contribution in [0, 0.1) is 0 Å². The van der Waals surface area contributed by atoms with Gasteiger partial charge in [0.25, 0.3) is 0 Å². The molecule has 0 aromatic heterocycles. The minimum Gasteiger partial charge on any atom is -0.508 e. The number of benzene rings is 2. The highest BCUT2D eigenvalue weighted by Gasteiger charge is 2.00. The molecular formula is C17H18N2O2. The number of phenols is 1. The van der Waals surface area contributed by atoms with E-state index in [9.17, 15) is 5.11 Å². The first-order chi connectivity index (χ1) is 10.3. The van der Waals surface area contributed by atoms with Crippen LogP contribution in [0.15, 0.2) is 65.8 Å². The van der Waals surface area contributed by atoms with Gasteiger partial charge in [-0.2, -0.15) is 0 Å². The molecule has 0 atom stereocenters. The van der Waals surface area contributed by atoms with Crippen molar-refractivity contribution in [3.05, 3.63) is 71.8 Å². The Kier molecular flexibility index (Phi) is 5.55. The monoisotopic (exact) mass is 282 g/mol. The number of phenolic OH excluding ortho intramolecular Hbond substituents is 1. The van der Waals surface area contributed by atoms with Gasteiger partial charge in [0, 0.05) is 12.1 Å². The van der Waals surface area contributed by atoms with E-state index in [2.05, 4.69) is 5.16 Å². The second kappa shape index (κ2) is 7.87. The lowest BCUT2D eigenvalue weighted by Gasteiger charge is -2.02. The van der Waals surface area contributed by atoms with Crippen LogP contribution in [-0.2, 0) is 4.84 Å². The maximum absolute atomic E-state index is 9.28. The van der Waals surface area contributed by atoms with E-state index in [0.717, 1.165) is 16.8 Å². The highest BCUT2D eigenvalue weighted by molar-refractivity contribution is 6.10. The first-order valence-corrected chi connectivity index (χ1v) is 6.72. The maximum Gasteiger partial charge on any atom is 0.129 e. The Morgan fingerprint density at radius 3 is 2.48 bits per heavy atom. The Morgan fingerprint density at radius 2 is 1.81 bits per heavy atom. The van der Waals surface area contributed by atoms with Crippen molar-refractivity contribution in [2.24, 2.45) is 10.9 Å². The van der Waals surface area contributed by atoms with Crippen molar-refractivity contribution in [1.29, 1.82) is 0 Å². The smallest absolute Gasteiger partial charge is 0.129 e. The number of hydrogen-bond donors (Lipinski definition) is 2. The molecule has 0 heterocycles. The summed E-state index contributed by atoms with van der Waals surface area (Å²) in [5, 5.41) is 13.4. The van der Waals surface area contributed by atoms with E-state index >= 15 is 0 Å². The van der Waals surface area contributed by atoms with Gasteiger partial charge in [-0.1, -0.05) is 53.7 Å². The van der Waals surface area contributed by atoms with Crippen molar-refractivity contribution in [3.8, 4) is 5.75 Å². The summed E-state index contributed by atoms with van der Waals surface area (Å²) in [6.07, 6.45) is 3.79. The quantitative estimate of drug-likeness (QED) is 0.486. The van der Waals surface area contributed by atoms with E-state index in [4.69, 9.17) is 10.6 Å². The average molecular weight is 282 g/mol. The molecular weight excluding hydrogens is 264 g/mol. The zero-order valence-corrected chi connectivity index (χ0v) is 11.6.